The maximum absolute atomic E-state index is 12.2. The summed E-state index contributed by atoms with van der Waals surface area (Å²) < 4.78 is 0. The fourth-order valence-corrected chi connectivity index (χ4v) is 3.73. The van der Waals surface area contributed by atoms with Gasteiger partial charge in [-0.3, -0.25) is 9.78 Å². The number of carbonyl (C=O) groups excluding carboxylic acids is 1. The quantitative estimate of drug-likeness (QED) is 0.781. The highest BCUT2D eigenvalue weighted by atomic mass is 32.2. The third-order valence-corrected chi connectivity index (χ3v) is 4.99. The van der Waals surface area contributed by atoms with Gasteiger partial charge in [0.25, 0.3) is 0 Å². The fourth-order valence-electron chi connectivity index (χ4n) is 2.60. The molecule has 108 valence electrons. The van der Waals surface area contributed by atoms with Crippen molar-refractivity contribution in [3.05, 3.63) is 36.2 Å². The molecule has 0 aliphatic heterocycles. The Kier molecular flexibility index (Phi) is 5.65. The minimum Gasteiger partial charge on any atom is -0.339 e. The van der Waals surface area contributed by atoms with Crippen molar-refractivity contribution in [1.82, 2.24) is 9.88 Å². The second kappa shape index (κ2) is 7.48. The number of rotatable bonds is 5. The standard InChI is InChI=1S/C16H22N2OS/c1-3-20-15-8-7-14(11-15)18(2)16(19)9-6-13-5-4-10-17-12-13/h4-6,9-10,12,14-15H,3,7-8,11H2,1-2H3/b9-6+. The maximum Gasteiger partial charge on any atom is 0.246 e. The van der Waals surface area contributed by atoms with Gasteiger partial charge in [-0.1, -0.05) is 13.0 Å². The van der Waals surface area contributed by atoms with Crippen LogP contribution >= 0.6 is 11.8 Å². The molecule has 1 aromatic rings. The number of amides is 1. The van der Waals surface area contributed by atoms with Crippen molar-refractivity contribution < 1.29 is 4.79 Å². The van der Waals surface area contributed by atoms with Crippen LogP contribution in [0.15, 0.2) is 30.6 Å². The van der Waals surface area contributed by atoms with E-state index in [1.54, 1.807) is 18.5 Å². The van der Waals surface area contributed by atoms with Crippen molar-refractivity contribution >= 4 is 23.7 Å². The average Bonchev–Trinajstić information content (AvgIpc) is 2.94. The van der Waals surface area contributed by atoms with E-state index in [9.17, 15) is 4.79 Å². The molecule has 1 aromatic heterocycles. The van der Waals surface area contributed by atoms with Crippen LogP contribution in [0.5, 0.6) is 0 Å². The Balaban J connectivity index is 1.88. The lowest BCUT2D eigenvalue weighted by atomic mass is 10.2. The summed E-state index contributed by atoms with van der Waals surface area (Å²) in [4.78, 5) is 18.1. The Morgan fingerprint density at radius 3 is 3.10 bits per heavy atom. The van der Waals surface area contributed by atoms with E-state index in [4.69, 9.17) is 0 Å². The molecule has 2 rings (SSSR count). The predicted octanol–water partition coefficient (Wildman–Crippen LogP) is 3.23. The number of carbonyl (C=O) groups is 1. The molecule has 2 unspecified atom stereocenters. The Bertz CT molecular complexity index is 461. The van der Waals surface area contributed by atoms with Gasteiger partial charge in [0.2, 0.25) is 5.91 Å². The third-order valence-electron chi connectivity index (χ3n) is 3.76. The monoisotopic (exact) mass is 290 g/mol. The Morgan fingerprint density at radius 1 is 1.55 bits per heavy atom. The van der Waals surface area contributed by atoms with Crippen LogP contribution in [0.4, 0.5) is 0 Å². The summed E-state index contributed by atoms with van der Waals surface area (Å²) in [5, 5.41) is 0.725. The highest BCUT2D eigenvalue weighted by Crippen LogP contribution is 2.32. The topological polar surface area (TPSA) is 33.2 Å². The molecule has 1 aliphatic rings. The number of nitrogens with zero attached hydrogens (tertiary/aromatic N) is 2. The summed E-state index contributed by atoms with van der Waals surface area (Å²) in [6, 6.07) is 4.21. The minimum atomic E-state index is 0.0843. The van der Waals surface area contributed by atoms with Crippen LogP contribution in [0, 0.1) is 0 Å². The molecule has 1 saturated carbocycles. The van der Waals surface area contributed by atoms with Gasteiger partial charge in [-0.05, 0) is 42.7 Å². The maximum atomic E-state index is 12.2. The first kappa shape index (κ1) is 15.1. The molecule has 3 nitrogen and oxygen atoms in total. The molecule has 1 fully saturated rings. The molecule has 1 amide bonds. The van der Waals surface area contributed by atoms with Gasteiger partial charge in [0.1, 0.15) is 0 Å². The second-order valence-corrected chi connectivity index (χ2v) is 6.69. The van der Waals surface area contributed by atoms with Crippen LogP contribution in [0.2, 0.25) is 0 Å². The van der Waals surface area contributed by atoms with Crippen molar-refractivity contribution in [3.63, 3.8) is 0 Å². The van der Waals surface area contributed by atoms with E-state index < -0.39 is 0 Å². The van der Waals surface area contributed by atoms with Crippen LogP contribution in [0.25, 0.3) is 6.08 Å². The molecule has 4 heteroatoms. The van der Waals surface area contributed by atoms with E-state index in [-0.39, 0.29) is 5.91 Å². The first-order chi connectivity index (χ1) is 9.70. The van der Waals surface area contributed by atoms with Crippen LogP contribution in [0.3, 0.4) is 0 Å². The average molecular weight is 290 g/mol. The number of likely N-dealkylation sites (N-methyl/N-ethyl adjacent to an activating group) is 1. The van der Waals surface area contributed by atoms with E-state index in [1.165, 1.54) is 6.42 Å². The van der Waals surface area contributed by atoms with Gasteiger partial charge in [-0.25, -0.2) is 0 Å². The summed E-state index contributed by atoms with van der Waals surface area (Å²) in [5.41, 5.74) is 0.958. The zero-order valence-corrected chi connectivity index (χ0v) is 13.0. The minimum absolute atomic E-state index is 0.0843. The molecule has 0 saturated heterocycles. The van der Waals surface area contributed by atoms with Gasteiger partial charge in [0, 0.05) is 36.8 Å². The normalized spacial score (nSPS) is 22.3. The molecule has 20 heavy (non-hydrogen) atoms. The van der Waals surface area contributed by atoms with Crippen LogP contribution in [0.1, 0.15) is 31.7 Å². The summed E-state index contributed by atoms with van der Waals surface area (Å²) >= 11 is 2.02. The van der Waals surface area contributed by atoms with Gasteiger partial charge >= 0.3 is 0 Å². The molecule has 0 bridgehead atoms. The molecule has 0 N–H and O–H groups in total. The van der Waals surface area contributed by atoms with Gasteiger partial charge in [0.15, 0.2) is 0 Å². The van der Waals surface area contributed by atoms with Gasteiger partial charge in [0.05, 0.1) is 0 Å². The van der Waals surface area contributed by atoms with E-state index in [0.29, 0.717) is 6.04 Å². The van der Waals surface area contributed by atoms with E-state index in [0.717, 1.165) is 29.4 Å². The SMILES string of the molecule is CCSC1CCC(N(C)C(=O)/C=C/c2cccnc2)C1. The van der Waals surface area contributed by atoms with Crippen molar-refractivity contribution in [3.8, 4) is 0 Å². The van der Waals surface area contributed by atoms with Gasteiger partial charge in [-0.15, -0.1) is 0 Å². The molecule has 0 radical (unpaired) electrons. The first-order valence-corrected chi connectivity index (χ1v) is 8.22. The Hall–Kier alpha value is -1.29. The van der Waals surface area contributed by atoms with Crippen molar-refractivity contribution in [2.45, 2.75) is 37.5 Å². The summed E-state index contributed by atoms with van der Waals surface area (Å²) in [6.07, 6.45) is 10.5. The zero-order valence-electron chi connectivity index (χ0n) is 12.2. The lowest BCUT2D eigenvalue weighted by Crippen LogP contribution is -2.34. The number of hydrogen-bond acceptors (Lipinski definition) is 3. The molecule has 1 aliphatic carbocycles. The number of thioether (sulfide) groups is 1. The van der Waals surface area contributed by atoms with E-state index >= 15 is 0 Å². The Morgan fingerprint density at radius 2 is 2.40 bits per heavy atom. The number of hydrogen-bond donors (Lipinski definition) is 0. The van der Waals surface area contributed by atoms with E-state index in [2.05, 4.69) is 11.9 Å². The largest absolute Gasteiger partial charge is 0.339 e. The summed E-state index contributed by atoms with van der Waals surface area (Å²) in [5.74, 6) is 1.25. The van der Waals surface area contributed by atoms with Crippen LogP contribution < -0.4 is 0 Å². The molecular weight excluding hydrogens is 268 g/mol. The zero-order chi connectivity index (χ0) is 14.4. The van der Waals surface area contributed by atoms with Crippen LogP contribution in [-0.2, 0) is 4.79 Å². The Labute approximate surface area is 125 Å². The molecule has 0 spiro atoms. The van der Waals surface area contributed by atoms with Gasteiger partial charge in [-0.2, -0.15) is 11.8 Å². The van der Waals surface area contributed by atoms with Crippen molar-refractivity contribution in [1.29, 1.82) is 0 Å². The van der Waals surface area contributed by atoms with Crippen molar-refractivity contribution in [2.75, 3.05) is 12.8 Å². The highest BCUT2D eigenvalue weighted by Gasteiger charge is 2.28. The molecular formula is C16H22N2OS. The smallest absolute Gasteiger partial charge is 0.246 e. The first-order valence-electron chi connectivity index (χ1n) is 7.17. The molecule has 2 atom stereocenters. The van der Waals surface area contributed by atoms with Gasteiger partial charge < -0.3 is 4.90 Å². The molecule has 0 aromatic carbocycles. The highest BCUT2D eigenvalue weighted by molar-refractivity contribution is 7.99. The summed E-state index contributed by atoms with van der Waals surface area (Å²) in [7, 11) is 1.92. The van der Waals surface area contributed by atoms with Crippen LogP contribution in [-0.4, -0.2) is 39.9 Å². The summed E-state index contributed by atoms with van der Waals surface area (Å²) in [6.45, 7) is 2.20. The lowest BCUT2D eigenvalue weighted by molar-refractivity contribution is -0.126. The molecule has 1 heterocycles. The van der Waals surface area contributed by atoms with E-state index in [1.807, 2.05) is 41.9 Å². The second-order valence-electron chi connectivity index (χ2n) is 5.11. The predicted molar refractivity (Wildman–Crippen MR) is 85.6 cm³/mol. The number of aromatic nitrogens is 1. The van der Waals surface area contributed by atoms with Crippen molar-refractivity contribution in [2.24, 2.45) is 0 Å². The number of pyridine rings is 1. The third kappa shape index (κ3) is 4.10. The fraction of sp³-hybridized carbons (Fsp3) is 0.500. The lowest BCUT2D eigenvalue weighted by Gasteiger charge is -2.23.